The highest BCUT2D eigenvalue weighted by Gasteiger charge is 2.54. The first-order chi connectivity index (χ1) is 21.3. The molecule has 0 saturated carbocycles. The van der Waals surface area contributed by atoms with E-state index in [9.17, 15) is 4.79 Å². The first-order valence-corrected chi connectivity index (χ1v) is 15.4. The second-order valence-electron chi connectivity index (χ2n) is 12.3. The molecule has 0 radical (unpaired) electrons. The Morgan fingerprint density at radius 1 is 0.773 bits per heavy atom. The van der Waals surface area contributed by atoms with Crippen LogP contribution in [0.2, 0.25) is 0 Å². The molecule has 2 fully saturated rings. The summed E-state index contributed by atoms with van der Waals surface area (Å²) in [6, 6.07) is 32.6. The number of anilines is 1. The van der Waals surface area contributed by atoms with Crippen molar-refractivity contribution in [2.75, 3.05) is 31.1 Å². The summed E-state index contributed by atoms with van der Waals surface area (Å²) in [5.74, 6) is 1.06. The summed E-state index contributed by atoms with van der Waals surface area (Å²) < 4.78 is 17.8. The Kier molecular flexibility index (Phi) is 9.43. The van der Waals surface area contributed by atoms with E-state index in [1.54, 1.807) is 0 Å². The van der Waals surface area contributed by atoms with Crippen molar-refractivity contribution in [3.05, 3.63) is 108 Å². The molecule has 0 N–H and O–H groups in total. The number of amides is 1. The second kappa shape index (κ2) is 13.4. The normalized spacial score (nSPS) is 14.9. The number of benzene rings is 3. The molecule has 1 aromatic heterocycles. The van der Waals surface area contributed by atoms with Crippen molar-refractivity contribution < 1.29 is 19.0 Å². The van der Waals surface area contributed by atoms with E-state index in [0.717, 1.165) is 54.1 Å². The maximum Gasteiger partial charge on any atom is 0.410 e. The molecular formula is C37H43N3O4. The number of hydrogen-bond acceptors (Lipinski definition) is 6. The molecule has 2 aliphatic rings. The summed E-state index contributed by atoms with van der Waals surface area (Å²) in [6.45, 7) is 13.9. The van der Waals surface area contributed by atoms with Gasteiger partial charge in [-0.2, -0.15) is 4.98 Å². The summed E-state index contributed by atoms with van der Waals surface area (Å²) in [4.78, 5) is 21.3. The number of pyridine rings is 1. The zero-order chi connectivity index (χ0) is 31.2. The average Bonchev–Trinajstić information content (AvgIpc) is 2.99. The summed E-state index contributed by atoms with van der Waals surface area (Å²) in [6.07, 6.45) is -0.222. The van der Waals surface area contributed by atoms with Crippen LogP contribution in [0.15, 0.2) is 97.1 Å². The Bertz CT molecular complexity index is 1520. The molecule has 0 atom stereocenters. The first-order valence-electron chi connectivity index (χ1n) is 15.4. The van der Waals surface area contributed by atoms with Crippen LogP contribution in [0, 0.1) is 5.41 Å². The van der Waals surface area contributed by atoms with E-state index in [2.05, 4.69) is 29.2 Å². The monoisotopic (exact) mass is 593 g/mol. The maximum absolute atomic E-state index is 12.4. The molecule has 4 aromatic rings. The van der Waals surface area contributed by atoms with E-state index in [4.69, 9.17) is 19.2 Å². The molecule has 0 aliphatic carbocycles. The minimum Gasteiger partial charge on any atom is -0.473 e. The Balaban J connectivity index is 0.00000188. The Morgan fingerprint density at radius 3 is 2.00 bits per heavy atom. The molecule has 3 aromatic carbocycles. The summed E-state index contributed by atoms with van der Waals surface area (Å²) in [7, 11) is 0. The SMILES string of the molecule is CC.CC(C)(C)OC(=O)N1CC2(C1)CN(c1cccc(-c3ccc(OCc4ccccc4)nc3OCc3ccccc3)c1)C2. The van der Waals surface area contributed by atoms with Gasteiger partial charge < -0.3 is 24.0 Å². The van der Waals surface area contributed by atoms with Gasteiger partial charge in [-0.25, -0.2) is 4.79 Å². The standard InChI is InChI=1S/C35H37N3O4.C2H6/c1-34(2,3)42-33(39)38-24-35(25-38)22-37(23-35)29-16-10-15-28(19-29)30-17-18-31(40-20-26-11-6-4-7-12-26)36-32(30)41-21-27-13-8-5-9-14-27;1-2/h4-19H,20-25H2,1-3H3;1-2H3. The van der Waals surface area contributed by atoms with Gasteiger partial charge in [-0.15, -0.1) is 0 Å². The van der Waals surface area contributed by atoms with E-state index >= 15 is 0 Å². The fourth-order valence-electron chi connectivity index (χ4n) is 5.53. The number of likely N-dealkylation sites (tertiary alicyclic amines) is 1. The van der Waals surface area contributed by atoms with Gasteiger partial charge in [-0.1, -0.05) is 86.6 Å². The number of aromatic nitrogens is 1. The van der Waals surface area contributed by atoms with Gasteiger partial charge in [-0.3, -0.25) is 0 Å². The molecule has 7 nitrogen and oxygen atoms in total. The molecule has 2 aliphatic heterocycles. The lowest BCUT2D eigenvalue weighted by Gasteiger charge is -2.60. The highest BCUT2D eigenvalue weighted by molar-refractivity contribution is 5.74. The third kappa shape index (κ3) is 7.51. The Hall–Kier alpha value is -4.52. The largest absolute Gasteiger partial charge is 0.473 e. The highest BCUT2D eigenvalue weighted by atomic mass is 16.6. The van der Waals surface area contributed by atoms with E-state index in [0.29, 0.717) is 25.0 Å². The second-order valence-corrected chi connectivity index (χ2v) is 12.3. The van der Waals surface area contributed by atoms with Crippen LogP contribution in [0.1, 0.15) is 45.7 Å². The van der Waals surface area contributed by atoms with E-state index in [-0.39, 0.29) is 11.5 Å². The molecule has 6 rings (SSSR count). The fourth-order valence-corrected chi connectivity index (χ4v) is 5.53. The van der Waals surface area contributed by atoms with Crippen LogP contribution in [0.4, 0.5) is 10.5 Å². The third-order valence-corrected chi connectivity index (χ3v) is 7.56. The maximum atomic E-state index is 12.4. The van der Waals surface area contributed by atoms with Crippen molar-refractivity contribution >= 4 is 11.8 Å². The molecule has 0 unspecified atom stereocenters. The van der Waals surface area contributed by atoms with E-state index in [1.807, 2.05) is 112 Å². The number of carbonyl (C=O) groups is 1. The third-order valence-electron chi connectivity index (χ3n) is 7.56. The molecule has 3 heterocycles. The fraction of sp³-hybridized carbons (Fsp3) is 0.351. The molecule has 2 saturated heterocycles. The van der Waals surface area contributed by atoms with Gasteiger partial charge in [-0.05, 0) is 55.7 Å². The molecule has 0 bridgehead atoms. The topological polar surface area (TPSA) is 64.1 Å². The lowest BCUT2D eigenvalue weighted by Crippen LogP contribution is -2.73. The number of hydrogen-bond donors (Lipinski definition) is 0. The van der Waals surface area contributed by atoms with Crippen LogP contribution < -0.4 is 14.4 Å². The minimum absolute atomic E-state index is 0.149. The molecular weight excluding hydrogens is 550 g/mol. The molecule has 1 spiro atoms. The van der Waals surface area contributed by atoms with Gasteiger partial charge in [0.25, 0.3) is 0 Å². The van der Waals surface area contributed by atoms with Crippen LogP contribution in [0.3, 0.4) is 0 Å². The average molecular weight is 594 g/mol. The summed E-state index contributed by atoms with van der Waals surface area (Å²) in [5.41, 5.74) is 4.91. The van der Waals surface area contributed by atoms with Crippen LogP contribution >= 0.6 is 0 Å². The van der Waals surface area contributed by atoms with Crippen molar-refractivity contribution in [1.82, 2.24) is 9.88 Å². The predicted octanol–water partition coefficient (Wildman–Crippen LogP) is 7.99. The zero-order valence-corrected chi connectivity index (χ0v) is 26.5. The van der Waals surface area contributed by atoms with Gasteiger partial charge in [0, 0.05) is 48.9 Å². The van der Waals surface area contributed by atoms with Gasteiger partial charge in [0.1, 0.15) is 18.8 Å². The predicted molar refractivity (Wildman–Crippen MR) is 175 cm³/mol. The zero-order valence-electron chi connectivity index (χ0n) is 26.5. The van der Waals surface area contributed by atoms with Crippen LogP contribution in [-0.4, -0.2) is 47.8 Å². The van der Waals surface area contributed by atoms with Crippen LogP contribution in [0.25, 0.3) is 11.1 Å². The Labute approximate surface area is 261 Å². The van der Waals surface area contributed by atoms with Gasteiger partial charge in [0.15, 0.2) is 0 Å². The van der Waals surface area contributed by atoms with Crippen molar-refractivity contribution in [3.8, 4) is 22.9 Å². The quantitative estimate of drug-likeness (QED) is 0.206. The van der Waals surface area contributed by atoms with Gasteiger partial charge >= 0.3 is 6.09 Å². The minimum atomic E-state index is -0.476. The number of ether oxygens (including phenoxy) is 3. The van der Waals surface area contributed by atoms with Crippen molar-refractivity contribution in [3.63, 3.8) is 0 Å². The molecule has 44 heavy (non-hydrogen) atoms. The smallest absolute Gasteiger partial charge is 0.410 e. The lowest BCUT2D eigenvalue weighted by atomic mass is 9.73. The summed E-state index contributed by atoms with van der Waals surface area (Å²) in [5, 5.41) is 0. The van der Waals surface area contributed by atoms with E-state index in [1.165, 1.54) is 0 Å². The van der Waals surface area contributed by atoms with Crippen molar-refractivity contribution in [1.29, 1.82) is 0 Å². The van der Waals surface area contributed by atoms with Crippen molar-refractivity contribution in [2.45, 2.75) is 53.4 Å². The summed E-state index contributed by atoms with van der Waals surface area (Å²) >= 11 is 0. The lowest BCUT2D eigenvalue weighted by molar-refractivity contribution is -0.0452. The van der Waals surface area contributed by atoms with Crippen LogP contribution in [0.5, 0.6) is 11.8 Å². The number of rotatable bonds is 8. The molecule has 230 valence electrons. The van der Waals surface area contributed by atoms with Crippen molar-refractivity contribution in [2.24, 2.45) is 5.41 Å². The Morgan fingerprint density at radius 2 is 1.39 bits per heavy atom. The van der Waals surface area contributed by atoms with Gasteiger partial charge in [0.2, 0.25) is 11.8 Å². The van der Waals surface area contributed by atoms with E-state index < -0.39 is 5.60 Å². The van der Waals surface area contributed by atoms with Crippen LogP contribution in [-0.2, 0) is 18.0 Å². The molecule has 1 amide bonds. The number of carbonyl (C=O) groups excluding carboxylic acids is 1. The molecule has 7 heteroatoms. The van der Waals surface area contributed by atoms with Gasteiger partial charge in [0.05, 0.1) is 0 Å². The first kappa shape index (κ1) is 30.9. The number of nitrogens with zero attached hydrogens (tertiary/aromatic N) is 3. The highest BCUT2D eigenvalue weighted by Crippen LogP contribution is 2.43.